The molecule has 7 heteroatoms. The van der Waals surface area contributed by atoms with Crippen molar-refractivity contribution in [2.24, 2.45) is 0 Å². The van der Waals surface area contributed by atoms with Crippen LogP contribution in [0.25, 0.3) is 22.0 Å². The van der Waals surface area contributed by atoms with Gasteiger partial charge in [0.05, 0.1) is 11.6 Å². The van der Waals surface area contributed by atoms with Crippen LogP contribution in [0.2, 0.25) is 0 Å². The summed E-state index contributed by atoms with van der Waals surface area (Å²) in [7, 11) is 0. The van der Waals surface area contributed by atoms with Crippen molar-refractivity contribution in [3.05, 3.63) is 89.6 Å². The topological polar surface area (TPSA) is 58.3 Å². The van der Waals surface area contributed by atoms with Gasteiger partial charge in [-0.2, -0.15) is 5.26 Å². The van der Waals surface area contributed by atoms with Gasteiger partial charge in [0.15, 0.2) is 11.6 Å². The van der Waals surface area contributed by atoms with Crippen LogP contribution >= 0.6 is 0 Å². The van der Waals surface area contributed by atoms with Gasteiger partial charge in [-0.1, -0.05) is 18.2 Å². The molecule has 4 aromatic rings. The summed E-state index contributed by atoms with van der Waals surface area (Å²) < 4.78 is 35.5. The Morgan fingerprint density at radius 3 is 2.53 bits per heavy atom. The van der Waals surface area contributed by atoms with E-state index in [9.17, 15) is 18.8 Å². The van der Waals surface area contributed by atoms with Gasteiger partial charge in [-0.25, -0.2) is 13.6 Å². The molecule has 1 heterocycles. The van der Waals surface area contributed by atoms with Crippen molar-refractivity contribution >= 4 is 17.0 Å². The third kappa shape index (κ3) is 4.48. The Bertz CT molecular complexity index is 1400. The normalized spacial score (nSPS) is 10.8. The number of hydrogen-bond acceptors (Lipinski definition) is 3. The van der Waals surface area contributed by atoms with Crippen LogP contribution in [0.1, 0.15) is 25.0 Å². The third-order valence-corrected chi connectivity index (χ3v) is 5.75. The Kier molecular flexibility index (Phi) is 6.60. The number of carbonyl (C=O) groups excluding carboxylic acids is 1. The van der Waals surface area contributed by atoms with E-state index in [2.05, 4.69) is 6.07 Å². The number of ether oxygens (including phenoxy) is 1. The monoisotopic (exact) mass is 459 g/mol. The molecular formula is C27H23F2N3O2. The van der Waals surface area contributed by atoms with Gasteiger partial charge in [0, 0.05) is 42.3 Å². The first-order valence-electron chi connectivity index (χ1n) is 11.0. The summed E-state index contributed by atoms with van der Waals surface area (Å²) >= 11 is 0. The molecule has 0 atom stereocenters. The van der Waals surface area contributed by atoms with E-state index in [4.69, 9.17) is 4.74 Å². The van der Waals surface area contributed by atoms with E-state index >= 15 is 0 Å². The summed E-state index contributed by atoms with van der Waals surface area (Å²) in [6.07, 6.45) is 1.37. The van der Waals surface area contributed by atoms with E-state index in [1.54, 1.807) is 12.1 Å². The summed E-state index contributed by atoms with van der Waals surface area (Å²) in [5.74, 6) is -1.67. The maximum absolute atomic E-state index is 14.1. The molecule has 0 unspecified atom stereocenters. The highest BCUT2D eigenvalue weighted by Crippen LogP contribution is 2.38. The summed E-state index contributed by atoms with van der Waals surface area (Å²) in [6, 6.07) is 18.5. The van der Waals surface area contributed by atoms with Crippen LogP contribution in [0.3, 0.4) is 0 Å². The summed E-state index contributed by atoms with van der Waals surface area (Å²) in [6.45, 7) is 5.18. The van der Waals surface area contributed by atoms with E-state index in [0.717, 1.165) is 28.6 Å². The van der Waals surface area contributed by atoms with Crippen molar-refractivity contribution in [1.82, 2.24) is 9.47 Å². The number of rotatable bonds is 6. The second-order valence-electron chi connectivity index (χ2n) is 7.80. The predicted molar refractivity (Wildman–Crippen MR) is 126 cm³/mol. The van der Waals surface area contributed by atoms with Crippen LogP contribution in [-0.4, -0.2) is 28.6 Å². The van der Waals surface area contributed by atoms with Gasteiger partial charge in [0.2, 0.25) is 0 Å². The highest BCUT2D eigenvalue weighted by atomic mass is 19.2. The minimum absolute atomic E-state index is 0.264. The summed E-state index contributed by atoms with van der Waals surface area (Å²) in [4.78, 5) is 14.2. The van der Waals surface area contributed by atoms with E-state index < -0.39 is 17.7 Å². The zero-order valence-corrected chi connectivity index (χ0v) is 18.9. The van der Waals surface area contributed by atoms with Crippen LogP contribution in [0.15, 0.2) is 66.9 Å². The molecule has 0 spiro atoms. The lowest BCUT2D eigenvalue weighted by atomic mass is 10.00. The Balaban J connectivity index is 1.83. The number of amides is 1. The molecule has 4 rings (SSSR count). The predicted octanol–water partition coefficient (Wildman–Crippen LogP) is 6.35. The van der Waals surface area contributed by atoms with E-state index in [-0.39, 0.29) is 5.75 Å². The van der Waals surface area contributed by atoms with Gasteiger partial charge in [-0.3, -0.25) is 0 Å². The highest BCUT2D eigenvalue weighted by Gasteiger charge is 2.20. The fourth-order valence-corrected chi connectivity index (χ4v) is 4.00. The maximum atomic E-state index is 14.1. The third-order valence-electron chi connectivity index (χ3n) is 5.75. The van der Waals surface area contributed by atoms with E-state index in [1.165, 1.54) is 11.0 Å². The van der Waals surface area contributed by atoms with E-state index in [0.29, 0.717) is 36.3 Å². The first-order valence-corrected chi connectivity index (χ1v) is 11.0. The molecule has 172 valence electrons. The smallest absolute Gasteiger partial charge is 0.410 e. The van der Waals surface area contributed by atoms with Crippen LogP contribution in [-0.2, 0) is 6.54 Å². The Morgan fingerprint density at radius 1 is 1.03 bits per heavy atom. The number of halogens is 2. The van der Waals surface area contributed by atoms with Crippen LogP contribution in [0.5, 0.6) is 5.75 Å². The van der Waals surface area contributed by atoms with Crippen molar-refractivity contribution in [2.75, 3.05) is 13.1 Å². The molecule has 0 aliphatic heterocycles. The minimum Gasteiger partial charge on any atom is -0.410 e. The minimum atomic E-state index is -0.983. The molecule has 3 aromatic carbocycles. The van der Waals surface area contributed by atoms with Gasteiger partial charge < -0.3 is 14.2 Å². The summed E-state index contributed by atoms with van der Waals surface area (Å²) in [5, 5.41) is 9.91. The van der Waals surface area contributed by atoms with Crippen molar-refractivity contribution < 1.29 is 18.3 Å². The molecule has 0 saturated carbocycles. The average molecular weight is 459 g/mol. The van der Waals surface area contributed by atoms with Gasteiger partial charge in [-0.05, 0) is 67.4 Å². The number of nitriles is 1. The molecule has 0 saturated heterocycles. The Hall–Kier alpha value is -4.18. The van der Waals surface area contributed by atoms with Gasteiger partial charge in [-0.15, -0.1) is 0 Å². The molecule has 0 radical (unpaired) electrons. The molecule has 0 aliphatic rings. The molecule has 34 heavy (non-hydrogen) atoms. The number of benzene rings is 3. The molecule has 0 aliphatic carbocycles. The van der Waals surface area contributed by atoms with Gasteiger partial charge in [0.1, 0.15) is 5.75 Å². The molecule has 0 N–H and O–H groups in total. The number of aromatic nitrogens is 1. The second kappa shape index (κ2) is 9.75. The molecule has 0 bridgehead atoms. The first-order chi connectivity index (χ1) is 16.4. The molecule has 1 aromatic heterocycles. The molecular weight excluding hydrogens is 436 g/mol. The number of fused-ring (bicyclic) bond motifs is 1. The standard InChI is InChI=1S/C27H23F2N3O2/c1-3-31(4-2)27(33)34-25-11-10-24-21(26(25)20-8-9-22(28)23(29)15-20)12-13-32(24)17-19-7-5-6-18(14-19)16-30/h5-15H,3-4,17H2,1-2H3. The van der Waals surface area contributed by atoms with Crippen molar-refractivity contribution in [3.63, 3.8) is 0 Å². The summed E-state index contributed by atoms with van der Waals surface area (Å²) in [5.41, 5.74) is 3.24. The lowest BCUT2D eigenvalue weighted by Crippen LogP contribution is -2.33. The Morgan fingerprint density at radius 2 is 1.82 bits per heavy atom. The SMILES string of the molecule is CCN(CC)C(=O)Oc1ccc2c(ccn2Cc2cccc(C#N)c2)c1-c1ccc(F)c(F)c1. The van der Waals surface area contributed by atoms with Crippen molar-refractivity contribution in [1.29, 1.82) is 5.26 Å². The lowest BCUT2D eigenvalue weighted by molar-refractivity contribution is 0.157. The van der Waals surface area contributed by atoms with Crippen LogP contribution < -0.4 is 4.74 Å². The quantitative estimate of drug-likeness (QED) is 0.338. The fraction of sp³-hybridized carbons (Fsp3) is 0.185. The highest BCUT2D eigenvalue weighted by molar-refractivity contribution is 5.99. The second-order valence-corrected chi connectivity index (χ2v) is 7.80. The van der Waals surface area contributed by atoms with E-state index in [1.807, 2.05) is 54.9 Å². The van der Waals surface area contributed by atoms with Crippen molar-refractivity contribution in [2.45, 2.75) is 20.4 Å². The lowest BCUT2D eigenvalue weighted by Gasteiger charge is -2.20. The molecule has 5 nitrogen and oxygen atoms in total. The zero-order valence-electron chi connectivity index (χ0n) is 18.9. The van der Waals surface area contributed by atoms with Crippen LogP contribution in [0, 0.1) is 23.0 Å². The number of carbonyl (C=O) groups is 1. The molecule has 0 fully saturated rings. The maximum Gasteiger partial charge on any atom is 0.415 e. The average Bonchev–Trinajstić information content (AvgIpc) is 3.24. The van der Waals surface area contributed by atoms with Gasteiger partial charge in [0.25, 0.3) is 0 Å². The number of nitrogens with zero attached hydrogens (tertiary/aromatic N) is 3. The van der Waals surface area contributed by atoms with Gasteiger partial charge >= 0.3 is 6.09 Å². The zero-order chi connectivity index (χ0) is 24.2. The number of hydrogen-bond donors (Lipinski definition) is 0. The fourth-order valence-electron chi connectivity index (χ4n) is 4.00. The Labute approximate surface area is 196 Å². The van der Waals surface area contributed by atoms with Crippen LogP contribution in [0.4, 0.5) is 13.6 Å². The van der Waals surface area contributed by atoms with Crippen molar-refractivity contribution in [3.8, 4) is 22.9 Å². The molecule has 1 amide bonds. The largest absolute Gasteiger partial charge is 0.415 e. The first kappa shape index (κ1) is 23.0.